The molecule has 3 atom stereocenters. The van der Waals surface area contributed by atoms with Crippen LogP contribution >= 0.6 is 0 Å². The molecule has 0 saturated carbocycles. The molecule has 0 aliphatic carbocycles. The molecule has 3 aliphatic heterocycles. The lowest BCUT2D eigenvalue weighted by atomic mass is 9.89. The molecule has 0 spiro atoms. The molecule has 0 radical (unpaired) electrons. The number of ether oxygens (including phenoxy) is 2. The molecule has 3 heterocycles. The second-order valence-electron chi connectivity index (χ2n) is 7.09. The number of carbonyl (C=O) groups excluding carboxylic acids is 1. The summed E-state index contributed by atoms with van der Waals surface area (Å²) in [6.07, 6.45) is 9.10. The van der Waals surface area contributed by atoms with Gasteiger partial charge in [0.1, 0.15) is 0 Å². The van der Waals surface area contributed by atoms with Gasteiger partial charge >= 0.3 is 0 Å². The molecule has 0 aromatic heterocycles. The van der Waals surface area contributed by atoms with Gasteiger partial charge in [0.25, 0.3) is 0 Å². The zero-order valence-electron chi connectivity index (χ0n) is 13.5. The highest BCUT2D eigenvalue weighted by molar-refractivity contribution is 5.76. The lowest BCUT2D eigenvalue weighted by molar-refractivity contribution is -0.122. The van der Waals surface area contributed by atoms with Gasteiger partial charge in [-0.05, 0) is 50.9 Å². The van der Waals surface area contributed by atoms with Crippen LogP contribution in [0.4, 0.5) is 0 Å². The molecule has 1 amide bonds. The second-order valence-corrected chi connectivity index (χ2v) is 7.09. The molecule has 3 rings (SSSR count). The molecular formula is C17H30N2O3. The zero-order chi connectivity index (χ0) is 15.2. The zero-order valence-corrected chi connectivity index (χ0v) is 13.5. The first kappa shape index (κ1) is 16.2. The number of hydrogen-bond acceptors (Lipinski definition) is 4. The van der Waals surface area contributed by atoms with E-state index in [1.807, 2.05) is 0 Å². The first-order valence-corrected chi connectivity index (χ1v) is 9.01. The summed E-state index contributed by atoms with van der Waals surface area (Å²) < 4.78 is 11.1. The number of amides is 1. The first-order chi connectivity index (χ1) is 10.8. The quantitative estimate of drug-likeness (QED) is 0.669. The summed E-state index contributed by atoms with van der Waals surface area (Å²) >= 11 is 0. The summed E-state index contributed by atoms with van der Waals surface area (Å²) in [7, 11) is 0. The SMILES string of the molecule is O=C(CC1CC2CCC(C1)N2)NCCCOCC1CCCO1. The van der Waals surface area contributed by atoms with E-state index < -0.39 is 0 Å². The van der Waals surface area contributed by atoms with Crippen molar-refractivity contribution in [3.63, 3.8) is 0 Å². The van der Waals surface area contributed by atoms with E-state index in [4.69, 9.17) is 9.47 Å². The van der Waals surface area contributed by atoms with Crippen molar-refractivity contribution in [1.82, 2.24) is 10.6 Å². The Morgan fingerprint density at radius 3 is 2.77 bits per heavy atom. The van der Waals surface area contributed by atoms with Crippen molar-refractivity contribution in [3.8, 4) is 0 Å². The number of piperidine rings is 1. The van der Waals surface area contributed by atoms with Gasteiger partial charge in [0.15, 0.2) is 0 Å². The minimum Gasteiger partial charge on any atom is -0.379 e. The van der Waals surface area contributed by atoms with Crippen LogP contribution in [0.5, 0.6) is 0 Å². The maximum atomic E-state index is 12.0. The van der Waals surface area contributed by atoms with Crippen LogP contribution in [0.2, 0.25) is 0 Å². The fourth-order valence-corrected chi connectivity index (χ4v) is 4.07. The number of rotatable bonds is 8. The van der Waals surface area contributed by atoms with E-state index in [-0.39, 0.29) is 5.91 Å². The van der Waals surface area contributed by atoms with E-state index in [0.29, 0.717) is 43.7 Å². The topological polar surface area (TPSA) is 59.6 Å². The van der Waals surface area contributed by atoms with Crippen LogP contribution in [0.3, 0.4) is 0 Å². The van der Waals surface area contributed by atoms with E-state index in [1.54, 1.807) is 0 Å². The molecule has 5 nitrogen and oxygen atoms in total. The minimum absolute atomic E-state index is 0.213. The third kappa shape index (κ3) is 4.93. The van der Waals surface area contributed by atoms with Crippen molar-refractivity contribution < 1.29 is 14.3 Å². The highest BCUT2D eigenvalue weighted by Gasteiger charge is 2.34. The molecule has 22 heavy (non-hydrogen) atoms. The van der Waals surface area contributed by atoms with Crippen molar-refractivity contribution in [2.75, 3.05) is 26.4 Å². The minimum atomic E-state index is 0.213. The molecule has 126 valence electrons. The van der Waals surface area contributed by atoms with Crippen molar-refractivity contribution in [1.29, 1.82) is 0 Å². The van der Waals surface area contributed by atoms with Gasteiger partial charge in [-0.25, -0.2) is 0 Å². The summed E-state index contributed by atoms with van der Waals surface area (Å²) in [5.41, 5.74) is 0. The average Bonchev–Trinajstić information content (AvgIpc) is 3.12. The van der Waals surface area contributed by atoms with Gasteiger partial charge in [-0.15, -0.1) is 0 Å². The summed E-state index contributed by atoms with van der Waals surface area (Å²) in [6.45, 7) is 3.01. The van der Waals surface area contributed by atoms with Crippen molar-refractivity contribution in [3.05, 3.63) is 0 Å². The number of fused-ring (bicyclic) bond motifs is 2. The maximum absolute atomic E-state index is 12.0. The third-order valence-electron chi connectivity index (χ3n) is 5.16. The molecule has 3 saturated heterocycles. The maximum Gasteiger partial charge on any atom is 0.220 e. The number of carbonyl (C=O) groups is 1. The fourth-order valence-electron chi connectivity index (χ4n) is 4.07. The van der Waals surface area contributed by atoms with E-state index in [1.165, 1.54) is 25.7 Å². The van der Waals surface area contributed by atoms with Crippen molar-refractivity contribution in [2.45, 2.75) is 69.6 Å². The Hall–Kier alpha value is -0.650. The van der Waals surface area contributed by atoms with Crippen LogP contribution in [-0.4, -0.2) is 50.5 Å². The molecule has 0 aromatic carbocycles. The Kier molecular flexibility index (Phi) is 6.10. The predicted octanol–water partition coefficient (Wildman–Crippen LogP) is 1.61. The number of nitrogens with one attached hydrogen (secondary N) is 2. The molecule has 2 N–H and O–H groups in total. The molecule has 2 bridgehead atoms. The van der Waals surface area contributed by atoms with Gasteiger partial charge in [0.2, 0.25) is 5.91 Å². The summed E-state index contributed by atoms with van der Waals surface area (Å²) in [6, 6.07) is 1.34. The average molecular weight is 310 g/mol. The van der Waals surface area contributed by atoms with E-state index >= 15 is 0 Å². The van der Waals surface area contributed by atoms with Crippen LogP contribution in [0, 0.1) is 5.92 Å². The van der Waals surface area contributed by atoms with Gasteiger partial charge in [0, 0.05) is 38.3 Å². The molecule has 3 unspecified atom stereocenters. The first-order valence-electron chi connectivity index (χ1n) is 9.01. The Morgan fingerprint density at radius 1 is 1.23 bits per heavy atom. The van der Waals surface area contributed by atoms with Crippen LogP contribution in [0.25, 0.3) is 0 Å². The van der Waals surface area contributed by atoms with Gasteiger partial charge in [-0.1, -0.05) is 0 Å². The van der Waals surface area contributed by atoms with E-state index in [9.17, 15) is 4.79 Å². The molecule has 3 aliphatic rings. The lowest BCUT2D eigenvalue weighted by Crippen LogP contribution is -2.39. The molecule has 0 aromatic rings. The Balaban J connectivity index is 1.19. The van der Waals surface area contributed by atoms with E-state index in [0.717, 1.165) is 32.4 Å². The monoisotopic (exact) mass is 310 g/mol. The number of hydrogen-bond donors (Lipinski definition) is 2. The van der Waals surface area contributed by atoms with Gasteiger partial charge in [0.05, 0.1) is 12.7 Å². The smallest absolute Gasteiger partial charge is 0.220 e. The van der Waals surface area contributed by atoms with Crippen LogP contribution in [-0.2, 0) is 14.3 Å². The summed E-state index contributed by atoms with van der Waals surface area (Å²) in [5.74, 6) is 0.792. The molecule has 3 fully saturated rings. The summed E-state index contributed by atoms with van der Waals surface area (Å²) in [4.78, 5) is 12.0. The van der Waals surface area contributed by atoms with Gasteiger partial charge < -0.3 is 20.1 Å². The van der Waals surface area contributed by atoms with E-state index in [2.05, 4.69) is 10.6 Å². The van der Waals surface area contributed by atoms with Crippen LogP contribution in [0.1, 0.15) is 51.4 Å². The predicted molar refractivity (Wildman–Crippen MR) is 84.7 cm³/mol. The van der Waals surface area contributed by atoms with Gasteiger partial charge in [-0.3, -0.25) is 4.79 Å². The molecular weight excluding hydrogens is 280 g/mol. The highest BCUT2D eigenvalue weighted by Crippen LogP contribution is 2.32. The third-order valence-corrected chi connectivity index (χ3v) is 5.16. The Labute approximate surface area is 133 Å². The largest absolute Gasteiger partial charge is 0.379 e. The lowest BCUT2D eigenvalue weighted by Gasteiger charge is -2.28. The Bertz CT molecular complexity index is 346. The standard InChI is InChI=1S/C17H30N2O3/c20-17(11-13-9-14-4-5-15(10-13)19-14)18-6-2-7-21-12-16-3-1-8-22-16/h13-16,19H,1-12H2,(H,18,20). The van der Waals surface area contributed by atoms with Crippen molar-refractivity contribution >= 4 is 5.91 Å². The Morgan fingerprint density at radius 2 is 2.05 bits per heavy atom. The second kappa shape index (κ2) is 8.27. The highest BCUT2D eigenvalue weighted by atomic mass is 16.5. The summed E-state index contributed by atoms with van der Waals surface area (Å²) in [5, 5.41) is 6.66. The van der Waals surface area contributed by atoms with Crippen LogP contribution in [0.15, 0.2) is 0 Å². The van der Waals surface area contributed by atoms with Crippen LogP contribution < -0.4 is 10.6 Å². The molecule has 5 heteroatoms. The fraction of sp³-hybridized carbons (Fsp3) is 0.941. The van der Waals surface area contributed by atoms with Gasteiger partial charge in [-0.2, -0.15) is 0 Å². The normalized spacial score (nSPS) is 34.0. The van der Waals surface area contributed by atoms with Crippen molar-refractivity contribution in [2.24, 2.45) is 5.92 Å².